The first-order chi connectivity index (χ1) is 13.2. The fraction of sp³-hybridized carbons (Fsp3) is 0.100. The molecule has 0 unspecified atom stereocenters. The lowest BCUT2D eigenvalue weighted by molar-refractivity contribution is 0.104. The van der Waals surface area contributed by atoms with Crippen molar-refractivity contribution in [3.05, 3.63) is 70.6 Å². The number of rotatable bonds is 6. The topological polar surface area (TPSA) is 65.2 Å². The Balaban J connectivity index is 1.64. The number of carbonyl (C=O) groups excluding carboxylic acids is 1. The highest BCUT2D eigenvalue weighted by Crippen LogP contribution is 2.43. The van der Waals surface area contributed by atoms with E-state index >= 15 is 0 Å². The molecule has 0 aliphatic carbocycles. The molecule has 0 saturated heterocycles. The van der Waals surface area contributed by atoms with Crippen molar-refractivity contribution >= 4 is 56.3 Å². The van der Waals surface area contributed by atoms with Crippen molar-refractivity contribution in [1.82, 2.24) is 4.37 Å². The van der Waals surface area contributed by atoms with Gasteiger partial charge in [0, 0.05) is 11.3 Å². The summed E-state index contributed by atoms with van der Waals surface area (Å²) in [6, 6.07) is 17.4. The van der Waals surface area contributed by atoms with Crippen LogP contribution in [0.25, 0.3) is 10.2 Å². The highest BCUT2D eigenvalue weighted by molar-refractivity contribution is 8.00. The number of nitrogen functional groups attached to an aromatic ring is 1. The summed E-state index contributed by atoms with van der Waals surface area (Å²) >= 11 is 4.49. The average Bonchev–Trinajstić information content (AvgIpc) is 3.27. The molecule has 2 heterocycles. The number of thiophene rings is 1. The van der Waals surface area contributed by atoms with Crippen LogP contribution in [0.5, 0.6) is 5.75 Å². The van der Waals surface area contributed by atoms with E-state index in [-0.39, 0.29) is 5.78 Å². The first-order valence-electron chi connectivity index (χ1n) is 8.20. The minimum Gasteiger partial charge on any atom is -0.497 e. The standard InChI is InChI=1S/C20H16N2O2S3/c1-24-14-9-5-8-13(10-14)17(23)18-16(21)15-19(26-18)22-27-20(15)25-11-12-6-3-2-4-7-12/h2-10H,11,21H2,1H3. The number of nitrogens with two attached hydrogens (primary N) is 1. The maximum absolute atomic E-state index is 12.9. The summed E-state index contributed by atoms with van der Waals surface area (Å²) in [5.74, 6) is 1.39. The van der Waals surface area contributed by atoms with Crippen molar-refractivity contribution in [3.63, 3.8) is 0 Å². The summed E-state index contributed by atoms with van der Waals surface area (Å²) in [7, 11) is 1.58. The van der Waals surface area contributed by atoms with E-state index in [2.05, 4.69) is 16.5 Å². The number of ether oxygens (including phenoxy) is 1. The average molecular weight is 413 g/mol. The number of nitrogens with zero attached hydrogens (tertiary/aromatic N) is 1. The van der Waals surface area contributed by atoms with E-state index in [0.29, 0.717) is 21.9 Å². The Kier molecular flexibility index (Phi) is 5.15. The molecule has 0 fully saturated rings. The van der Waals surface area contributed by atoms with Crippen LogP contribution in [0.15, 0.2) is 58.8 Å². The summed E-state index contributed by atoms with van der Waals surface area (Å²) in [6.07, 6.45) is 0. The third kappa shape index (κ3) is 3.58. The number of benzene rings is 2. The Morgan fingerprint density at radius 1 is 1.19 bits per heavy atom. The normalized spacial score (nSPS) is 11.0. The van der Waals surface area contributed by atoms with Gasteiger partial charge in [-0.3, -0.25) is 4.79 Å². The largest absolute Gasteiger partial charge is 0.497 e. The summed E-state index contributed by atoms with van der Waals surface area (Å²) in [5.41, 5.74) is 8.70. The lowest BCUT2D eigenvalue weighted by atomic mass is 10.1. The summed E-state index contributed by atoms with van der Waals surface area (Å²) < 4.78 is 10.8. The molecule has 0 saturated carbocycles. The zero-order chi connectivity index (χ0) is 18.8. The fourth-order valence-corrected chi connectivity index (χ4v) is 5.92. The molecule has 4 rings (SSSR count). The van der Waals surface area contributed by atoms with E-state index in [4.69, 9.17) is 10.5 Å². The first kappa shape index (κ1) is 18.0. The molecular weight excluding hydrogens is 396 g/mol. The zero-order valence-corrected chi connectivity index (χ0v) is 16.9. The molecule has 0 spiro atoms. The molecule has 2 N–H and O–H groups in total. The summed E-state index contributed by atoms with van der Waals surface area (Å²) in [5, 5.41) is 0.900. The van der Waals surface area contributed by atoms with Crippen LogP contribution in [0.4, 0.5) is 5.69 Å². The molecule has 2 aromatic carbocycles. The zero-order valence-electron chi connectivity index (χ0n) is 14.5. The molecule has 0 aliphatic rings. The van der Waals surface area contributed by atoms with Crippen LogP contribution >= 0.6 is 34.6 Å². The smallest absolute Gasteiger partial charge is 0.205 e. The number of carbonyl (C=O) groups is 1. The van der Waals surface area contributed by atoms with Gasteiger partial charge >= 0.3 is 0 Å². The molecule has 0 radical (unpaired) electrons. The third-order valence-corrected chi connectivity index (χ3v) is 7.47. The van der Waals surface area contributed by atoms with Crippen LogP contribution in [0.1, 0.15) is 20.8 Å². The molecule has 4 aromatic rings. The quantitative estimate of drug-likeness (QED) is 0.336. The molecule has 0 aliphatic heterocycles. The fourth-order valence-electron chi connectivity index (χ4n) is 2.71. The van der Waals surface area contributed by atoms with Gasteiger partial charge in [0.05, 0.1) is 22.4 Å². The van der Waals surface area contributed by atoms with Crippen LogP contribution in [0.2, 0.25) is 0 Å². The Bertz CT molecular complexity index is 1100. The molecule has 0 bridgehead atoms. The number of anilines is 1. The summed E-state index contributed by atoms with van der Waals surface area (Å²) in [6.45, 7) is 0. The van der Waals surface area contributed by atoms with Gasteiger partial charge in [0.15, 0.2) is 0 Å². The van der Waals surface area contributed by atoms with E-state index < -0.39 is 0 Å². The van der Waals surface area contributed by atoms with Crippen molar-refractivity contribution < 1.29 is 9.53 Å². The van der Waals surface area contributed by atoms with Crippen molar-refractivity contribution in [2.24, 2.45) is 0 Å². The minimum atomic E-state index is -0.0987. The number of aromatic nitrogens is 1. The Hall–Kier alpha value is -2.35. The Labute approximate surface area is 169 Å². The maximum Gasteiger partial charge on any atom is 0.205 e. The van der Waals surface area contributed by atoms with E-state index in [1.807, 2.05) is 24.3 Å². The van der Waals surface area contributed by atoms with Gasteiger partial charge in [-0.25, -0.2) is 0 Å². The van der Waals surface area contributed by atoms with Gasteiger partial charge in [-0.2, -0.15) is 4.37 Å². The third-order valence-electron chi connectivity index (χ3n) is 4.09. The Morgan fingerprint density at radius 2 is 2.00 bits per heavy atom. The van der Waals surface area contributed by atoms with E-state index in [0.717, 1.165) is 20.2 Å². The predicted octanol–water partition coefficient (Wildman–Crippen LogP) is 5.47. The number of ketones is 1. The second kappa shape index (κ2) is 7.72. The molecule has 2 aromatic heterocycles. The van der Waals surface area contributed by atoms with Crippen LogP contribution in [0.3, 0.4) is 0 Å². The van der Waals surface area contributed by atoms with E-state index in [1.54, 1.807) is 37.1 Å². The van der Waals surface area contributed by atoms with Crippen LogP contribution in [-0.4, -0.2) is 17.3 Å². The second-order valence-corrected chi connectivity index (χ2v) is 8.85. The van der Waals surface area contributed by atoms with Crippen LogP contribution < -0.4 is 10.5 Å². The number of thioether (sulfide) groups is 1. The predicted molar refractivity (Wildman–Crippen MR) is 114 cm³/mol. The lowest BCUT2D eigenvalue weighted by Crippen LogP contribution is -2.02. The monoisotopic (exact) mass is 412 g/mol. The number of hydrogen-bond acceptors (Lipinski definition) is 7. The molecule has 7 heteroatoms. The minimum absolute atomic E-state index is 0.0987. The molecule has 0 atom stereocenters. The van der Waals surface area contributed by atoms with Gasteiger partial charge in [-0.1, -0.05) is 42.5 Å². The lowest BCUT2D eigenvalue weighted by Gasteiger charge is -2.04. The van der Waals surface area contributed by atoms with Crippen LogP contribution in [-0.2, 0) is 5.75 Å². The highest BCUT2D eigenvalue weighted by Gasteiger charge is 2.22. The maximum atomic E-state index is 12.9. The molecular formula is C20H16N2O2S3. The molecule has 0 amide bonds. The van der Waals surface area contributed by atoms with E-state index in [9.17, 15) is 4.79 Å². The van der Waals surface area contributed by atoms with E-state index in [1.165, 1.54) is 28.4 Å². The highest BCUT2D eigenvalue weighted by atomic mass is 32.2. The van der Waals surface area contributed by atoms with Gasteiger partial charge in [0.1, 0.15) is 15.5 Å². The number of fused-ring (bicyclic) bond motifs is 1. The molecule has 136 valence electrons. The van der Waals surface area contributed by atoms with Gasteiger partial charge < -0.3 is 10.5 Å². The van der Waals surface area contributed by atoms with Crippen molar-refractivity contribution in [2.75, 3.05) is 12.8 Å². The second-order valence-electron chi connectivity index (χ2n) is 5.83. The van der Waals surface area contributed by atoms with Gasteiger partial charge in [0.2, 0.25) is 5.78 Å². The van der Waals surface area contributed by atoms with Crippen molar-refractivity contribution in [2.45, 2.75) is 9.96 Å². The summed E-state index contributed by atoms with van der Waals surface area (Å²) in [4.78, 5) is 14.3. The molecule has 27 heavy (non-hydrogen) atoms. The van der Waals surface area contributed by atoms with Crippen molar-refractivity contribution in [1.29, 1.82) is 0 Å². The van der Waals surface area contributed by atoms with Gasteiger partial charge in [0.25, 0.3) is 0 Å². The van der Waals surface area contributed by atoms with Gasteiger partial charge in [-0.05, 0) is 29.2 Å². The number of methoxy groups -OCH3 is 1. The number of hydrogen-bond donors (Lipinski definition) is 1. The Morgan fingerprint density at radius 3 is 2.78 bits per heavy atom. The SMILES string of the molecule is COc1cccc(C(=O)c2sc3nsc(SCc4ccccc4)c3c2N)c1. The molecule has 4 nitrogen and oxygen atoms in total. The first-order valence-corrected chi connectivity index (χ1v) is 10.8. The van der Waals surface area contributed by atoms with Crippen molar-refractivity contribution in [3.8, 4) is 5.75 Å². The van der Waals surface area contributed by atoms with Crippen LogP contribution in [0, 0.1) is 0 Å². The van der Waals surface area contributed by atoms with Gasteiger partial charge in [-0.15, -0.1) is 23.1 Å².